The summed E-state index contributed by atoms with van der Waals surface area (Å²) in [6.07, 6.45) is 4.39. The Labute approximate surface area is 168 Å². The molecule has 0 aliphatic carbocycles. The third-order valence-electron chi connectivity index (χ3n) is 4.47. The summed E-state index contributed by atoms with van der Waals surface area (Å²) in [6.45, 7) is 6.45. The van der Waals surface area contributed by atoms with E-state index in [1.807, 2.05) is 24.3 Å². The first kappa shape index (κ1) is 18.7. The van der Waals surface area contributed by atoms with Gasteiger partial charge in [0.25, 0.3) is 0 Å². The lowest BCUT2D eigenvalue weighted by Gasteiger charge is -2.20. The highest BCUT2D eigenvalue weighted by atomic mass is 19.1. The summed E-state index contributed by atoms with van der Waals surface area (Å²) in [5.74, 6) is 0.548. The zero-order chi connectivity index (χ0) is 20.4. The lowest BCUT2D eigenvalue weighted by Crippen LogP contribution is -2.11. The number of fused-ring (bicyclic) bond motifs is 1. The van der Waals surface area contributed by atoms with Gasteiger partial charge in [0.1, 0.15) is 12.0 Å². The summed E-state index contributed by atoms with van der Waals surface area (Å²) in [7, 11) is 0. The third-order valence-corrected chi connectivity index (χ3v) is 4.47. The van der Waals surface area contributed by atoms with Gasteiger partial charge >= 0.3 is 0 Å². The molecule has 0 saturated carbocycles. The monoisotopic (exact) mass is 391 g/mol. The van der Waals surface area contributed by atoms with Gasteiger partial charge in [-0.25, -0.2) is 9.37 Å². The van der Waals surface area contributed by atoms with Crippen molar-refractivity contribution in [2.45, 2.75) is 26.2 Å². The van der Waals surface area contributed by atoms with Crippen LogP contribution in [0.2, 0.25) is 0 Å². The number of nitrogens with one attached hydrogen (secondary N) is 3. The SMILES string of the molecule is CC(C)(C)c1cccc(Nc2ncc(F)c(Nc3ccc4c(c3)NC=CO4)n2)c1. The molecule has 0 saturated heterocycles. The fourth-order valence-electron chi connectivity index (χ4n) is 2.90. The quantitative estimate of drug-likeness (QED) is 0.532. The summed E-state index contributed by atoms with van der Waals surface area (Å²) >= 11 is 0. The number of halogens is 1. The van der Waals surface area contributed by atoms with E-state index < -0.39 is 5.82 Å². The first-order chi connectivity index (χ1) is 13.9. The molecule has 1 aromatic heterocycles. The minimum absolute atomic E-state index is 0.0213. The standard InChI is InChI=1S/C22H22FN5O/c1-22(2,3)14-5-4-6-15(11-14)27-21-25-13-17(23)20(28-21)26-16-7-8-19-18(12-16)24-9-10-29-19/h4-13,24H,1-3H3,(H2,25,26,27,28). The van der Waals surface area contributed by atoms with Crippen LogP contribution in [0.3, 0.4) is 0 Å². The van der Waals surface area contributed by atoms with Crippen molar-refractivity contribution >= 4 is 28.8 Å². The van der Waals surface area contributed by atoms with Gasteiger partial charge in [-0.2, -0.15) is 4.98 Å². The zero-order valence-corrected chi connectivity index (χ0v) is 16.5. The Bertz CT molecular complexity index is 1080. The largest absolute Gasteiger partial charge is 0.461 e. The number of rotatable bonds is 4. The number of hydrogen-bond donors (Lipinski definition) is 3. The molecule has 1 aliphatic rings. The zero-order valence-electron chi connectivity index (χ0n) is 16.5. The molecule has 0 atom stereocenters. The van der Waals surface area contributed by atoms with Crippen LogP contribution >= 0.6 is 0 Å². The second-order valence-electron chi connectivity index (χ2n) is 7.75. The molecule has 0 radical (unpaired) electrons. The minimum Gasteiger partial charge on any atom is -0.461 e. The van der Waals surface area contributed by atoms with Crippen LogP contribution in [-0.4, -0.2) is 9.97 Å². The summed E-state index contributed by atoms with van der Waals surface area (Å²) in [5.41, 5.74) is 3.50. The van der Waals surface area contributed by atoms with E-state index in [0.29, 0.717) is 17.4 Å². The number of benzene rings is 2. The molecule has 0 unspecified atom stereocenters. The van der Waals surface area contributed by atoms with Crippen LogP contribution < -0.4 is 20.7 Å². The molecule has 148 valence electrons. The molecule has 7 heteroatoms. The Kier molecular flexibility index (Phi) is 4.80. The first-order valence-electron chi connectivity index (χ1n) is 9.28. The maximum atomic E-state index is 14.3. The Morgan fingerprint density at radius 2 is 1.86 bits per heavy atom. The van der Waals surface area contributed by atoms with Gasteiger partial charge < -0.3 is 20.7 Å². The van der Waals surface area contributed by atoms with Crippen molar-refractivity contribution in [1.29, 1.82) is 0 Å². The fourth-order valence-corrected chi connectivity index (χ4v) is 2.90. The fraction of sp³-hybridized carbons (Fsp3) is 0.182. The molecule has 1 aliphatic heterocycles. The van der Waals surface area contributed by atoms with E-state index in [1.165, 1.54) is 5.56 Å². The maximum Gasteiger partial charge on any atom is 0.229 e. The van der Waals surface area contributed by atoms with Crippen LogP contribution in [0.5, 0.6) is 5.75 Å². The van der Waals surface area contributed by atoms with Gasteiger partial charge in [-0.3, -0.25) is 0 Å². The van der Waals surface area contributed by atoms with Crippen molar-refractivity contribution in [3.8, 4) is 5.75 Å². The predicted octanol–water partition coefficient (Wildman–Crippen LogP) is 5.68. The summed E-state index contributed by atoms with van der Waals surface area (Å²) in [6, 6.07) is 13.4. The molecule has 0 spiro atoms. The Morgan fingerprint density at radius 1 is 1.03 bits per heavy atom. The van der Waals surface area contributed by atoms with Crippen molar-refractivity contribution in [2.75, 3.05) is 16.0 Å². The lowest BCUT2D eigenvalue weighted by molar-refractivity contribution is 0.477. The average Bonchev–Trinajstić information content (AvgIpc) is 2.70. The van der Waals surface area contributed by atoms with Crippen molar-refractivity contribution in [1.82, 2.24) is 9.97 Å². The molecule has 29 heavy (non-hydrogen) atoms. The van der Waals surface area contributed by atoms with Crippen LogP contribution in [0, 0.1) is 5.82 Å². The number of ether oxygens (including phenoxy) is 1. The van der Waals surface area contributed by atoms with Gasteiger partial charge in [0, 0.05) is 17.6 Å². The second kappa shape index (κ2) is 7.43. The molecule has 3 aromatic rings. The van der Waals surface area contributed by atoms with E-state index in [1.54, 1.807) is 24.6 Å². The molecule has 6 nitrogen and oxygen atoms in total. The van der Waals surface area contributed by atoms with Gasteiger partial charge in [0.05, 0.1) is 11.9 Å². The number of nitrogens with zero attached hydrogens (tertiary/aromatic N) is 2. The van der Waals surface area contributed by atoms with Gasteiger partial charge in [0.15, 0.2) is 11.6 Å². The highest BCUT2D eigenvalue weighted by molar-refractivity contribution is 5.70. The molecular weight excluding hydrogens is 369 g/mol. The van der Waals surface area contributed by atoms with Crippen molar-refractivity contribution in [3.63, 3.8) is 0 Å². The minimum atomic E-state index is -0.541. The molecule has 2 aromatic carbocycles. The smallest absolute Gasteiger partial charge is 0.229 e. The van der Waals surface area contributed by atoms with Gasteiger partial charge in [-0.15, -0.1) is 0 Å². The van der Waals surface area contributed by atoms with E-state index in [4.69, 9.17) is 4.74 Å². The predicted molar refractivity (Wildman–Crippen MR) is 114 cm³/mol. The molecule has 4 rings (SSSR count). The second-order valence-corrected chi connectivity index (χ2v) is 7.75. The molecule has 2 heterocycles. The van der Waals surface area contributed by atoms with E-state index in [0.717, 1.165) is 17.6 Å². The lowest BCUT2D eigenvalue weighted by atomic mass is 9.87. The van der Waals surface area contributed by atoms with Crippen LogP contribution in [0.15, 0.2) is 61.1 Å². The van der Waals surface area contributed by atoms with E-state index in [2.05, 4.69) is 52.8 Å². The van der Waals surface area contributed by atoms with Crippen LogP contribution in [-0.2, 0) is 5.41 Å². The molecule has 0 bridgehead atoms. The maximum absolute atomic E-state index is 14.3. The highest BCUT2D eigenvalue weighted by Gasteiger charge is 2.15. The van der Waals surface area contributed by atoms with Crippen molar-refractivity contribution in [2.24, 2.45) is 0 Å². The Morgan fingerprint density at radius 3 is 2.69 bits per heavy atom. The molecule has 0 amide bonds. The van der Waals surface area contributed by atoms with Crippen LogP contribution in [0.1, 0.15) is 26.3 Å². The summed E-state index contributed by atoms with van der Waals surface area (Å²) in [5, 5.41) is 9.23. The Balaban J connectivity index is 1.56. The van der Waals surface area contributed by atoms with Crippen molar-refractivity contribution < 1.29 is 9.13 Å². The van der Waals surface area contributed by atoms with Gasteiger partial charge in [-0.05, 0) is 41.3 Å². The van der Waals surface area contributed by atoms with Gasteiger partial charge in [-0.1, -0.05) is 32.9 Å². The number of anilines is 5. The van der Waals surface area contributed by atoms with Crippen LogP contribution in [0.25, 0.3) is 0 Å². The Hall–Kier alpha value is -3.61. The van der Waals surface area contributed by atoms with E-state index >= 15 is 0 Å². The van der Waals surface area contributed by atoms with Crippen LogP contribution in [0.4, 0.5) is 33.2 Å². The van der Waals surface area contributed by atoms with Gasteiger partial charge in [0.2, 0.25) is 5.95 Å². The highest BCUT2D eigenvalue weighted by Crippen LogP contribution is 2.32. The average molecular weight is 391 g/mol. The molecule has 0 fully saturated rings. The molecular formula is C22H22FN5O. The number of hydrogen-bond acceptors (Lipinski definition) is 6. The third kappa shape index (κ3) is 4.29. The topological polar surface area (TPSA) is 71.1 Å². The summed E-state index contributed by atoms with van der Waals surface area (Å²) < 4.78 is 19.7. The normalized spacial score (nSPS) is 12.6. The first-order valence-corrected chi connectivity index (χ1v) is 9.28. The van der Waals surface area contributed by atoms with Crippen molar-refractivity contribution in [3.05, 3.63) is 72.5 Å². The number of aromatic nitrogens is 2. The van der Waals surface area contributed by atoms with E-state index in [9.17, 15) is 4.39 Å². The molecule has 3 N–H and O–H groups in total. The summed E-state index contributed by atoms with van der Waals surface area (Å²) in [4.78, 5) is 8.35. The van der Waals surface area contributed by atoms with E-state index in [-0.39, 0.29) is 11.2 Å².